The Kier molecular flexibility index (Phi) is 4.02. The maximum Gasteiger partial charge on any atom is 0.119 e. The van der Waals surface area contributed by atoms with E-state index in [9.17, 15) is 0 Å². The molecule has 4 heteroatoms. The third kappa shape index (κ3) is 3.61. The molecule has 0 bridgehead atoms. The molecular weight excluding hydrogens is 250 g/mol. The fourth-order valence-corrected chi connectivity index (χ4v) is 2.17. The quantitative estimate of drug-likeness (QED) is 0.840. The van der Waals surface area contributed by atoms with Crippen LogP contribution in [0.15, 0.2) is 36.5 Å². The van der Waals surface area contributed by atoms with Crippen LogP contribution in [0.25, 0.3) is 0 Å². The molecule has 1 saturated carbocycles. The summed E-state index contributed by atoms with van der Waals surface area (Å²) in [6.45, 7) is 1.64. The van der Waals surface area contributed by atoms with Gasteiger partial charge in [0.05, 0.1) is 6.61 Å². The first-order valence-electron chi connectivity index (χ1n) is 7.23. The monoisotopic (exact) mass is 271 g/mol. The summed E-state index contributed by atoms with van der Waals surface area (Å²) in [5.41, 5.74) is 2.51. The van der Waals surface area contributed by atoms with Crippen molar-refractivity contribution in [2.24, 2.45) is 7.05 Å². The molecule has 0 radical (unpaired) electrons. The Morgan fingerprint density at radius 1 is 1.25 bits per heavy atom. The van der Waals surface area contributed by atoms with Gasteiger partial charge < -0.3 is 10.1 Å². The van der Waals surface area contributed by atoms with Crippen molar-refractivity contribution in [3.8, 4) is 5.75 Å². The van der Waals surface area contributed by atoms with Crippen molar-refractivity contribution in [1.29, 1.82) is 0 Å². The molecule has 20 heavy (non-hydrogen) atoms. The average molecular weight is 271 g/mol. The Morgan fingerprint density at radius 2 is 2.05 bits per heavy atom. The Morgan fingerprint density at radius 3 is 2.70 bits per heavy atom. The second kappa shape index (κ2) is 6.09. The Bertz CT molecular complexity index is 543. The van der Waals surface area contributed by atoms with Crippen LogP contribution in [0.4, 0.5) is 0 Å². The zero-order valence-corrected chi connectivity index (χ0v) is 11.9. The van der Waals surface area contributed by atoms with Gasteiger partial charge in [-0.2, -0.15) is 5.10 Å². The van der Waals surface area contributed by atoms with Crippen molar-refractivity contribution in [3.63, 3.8) is 0 Å². The normalized spacial score (nSPS) is 14.4. The Balaban J connectivity index is 1.44. The topological polar surface area (TPSA) is 39.1 Å². The number of aromatic nitrogens is 2. The first-order valence-corrected chi connectivity index (χ1v) is 7.23. The molecule has 1 fully saturated rings. The maximum atomic E-state index is 5.77. The molecule has 1 aliphatic carbocycles. The predicted octanol–water partition coefficient (Wildman–Crippen LogP) is 2.29. The van der Waals surface area contributed by atoms with Gasteiger partial charge in [0.2, 0.25) is 0 Å². The molecule has 0 amide bonds. The number of rotatable bonds is 7. The highest BCUT2D eigenvalue weighted by Crippen LogP contribution is 2.20. The first-order chi connectivity index (χ1) is 9.81. The van der Waals surface area contributed by atoms with Crippen LogP contribution < -0.4 is 10.1 Å². The van der Waals surface area contributed by atoms with Crippen molar-refractivity contribution >= 4 is 0 Å². The summed E-state index contributed by atoms with van der Waals surface area (Å²) in [7, 11) is 1.96. The smallest absolute Gasteiger partial charge is 0.119 e. The lowest BCUT2D eigenvalue weighted by Gasteiger charge is -2.08. The van der Waals surface area contributed by atoms with E-state index in [-0.39, 0.29) is 0 Å². The summed E-state index contributed by atoms with van der Waals surface area (Å²) in [6.07, 6.45) is 5.35. The van der Waals surface area contributed by atoms with E-state index in [1.807, 2.05) is 36.1 Å². The van der Waals surface area contributed by atoms with E-state index in [2.05, 4.69) is 22.5 Å². The molecule has 1 aromatic carbocycles. The molecular formula is C16H21N3O. The van der Waals surface area contributed by atoms with E-state index in [1.54, 1.807) is 0 Å². The summed E-state index contributed by atoms with van der Waals surface area (Å²) in [5, 5.41) is 7.66. The molecule has 0 saturated heterocycles. The summed E-state index contributed by atoms with van der Waals surface area (Å²) in [6, 6.07) is 11.1. The molecule has 106 valence electrons. The van der Waals surface area contributed by atoms with Crippen LogP contribution in [-0.4, -0.2) is 22.4 Å². The molecule has 0 atom stereocenters. The number of nitrogens with one attached hydrogen (secondary N) is 1. The first kappa shape index (κ1) is 13.2. The largest absolute Gasteiger partial charge is 0.493 e. The summed E-state index contributed by atoms with van der Waals surface area (Å²) >= 11 is 0. The zero-order valence-electron chi connectivity index (χ0n) is 11.9. The van der Waals surface area contributed by atoms with Gasteiger partial charge in [0, 0.05) is 37.9 Å². The molecule has 1 aliphatic rings. The maximum absolute atomic E-state index is 5.77. The minimum Gasteiger partial charge on any atom is -0.493 e. The van der Waals surface area contributed by atoms with Crippen LogP contribution >= 0.6 is 0 Å². The number of benzene rings is 1. The fraction of sp³-hybridized carbons (Fsp3) is 0.438. The van der Waals surface area contributed by atoms with Crippen molar-refractivity contribution in [3.05, 3.63) is 47.8 Å². The third-order valence-corrected chi connectivity index (χ3v) is 3.64. The van der Waals surface area contributed by atoms with Crippen LogP contribution in [-0.2, 0) is 20.0 Å². The number of hydrogen-bond donors (Lipinski definition) is 1. The van der Waals surface area contributed by atoms with Crippen LogP contribution in [0, 0.1) is 0 Å². The van der Waals surface area contributed by atoms with Gasteiger partial charge in [0.25, 0.3) is 0 Å². The minimum atomic E-state index is 0.680. The Labute approximate surface area is 119 Å². The standard InChI is InChI=1S/C16H21N3O/c1-19-15(8-10-18-19)9-11-20-16-6-2-13(3-7-16)12-17-14-4-5-14/h2-3,6-8,10,14,17H,4-5,9,11-12H2,1H3. The lowest BCUT2D eigenvalue weighted by molar-refractivity contribution is 0.318. The van der Waals surface area contributed by atoms with Crippen molar-refractivity contribution in [2.75, 3.05) is 6.61 Å². The van der Waals surface area contributed by atoms with Gasteiger partial charge >= 0.3 is 0 Å². The number of aryl methyl sites for hydroxylation is 1. The van der Waals surface area contributed by atoms with E-state index in [1.165, 1.54) is 24.1 Å². The summed E-state index contributed by atoms with van der Waals surface area (Å²) in [5.74, 6) is 0.933. The van der Waals surface area contributed by atoms with Gasteiger partial charge in [-0.25, -0.2) is 0 Å². The minimum absolute atomic E-state index is 0.680. The average Bonchev–Trinajstić information content (AvgIpc) is 3.21. The zero-order chi connectivity index (χ0) is 13.8. The van der Waals surface area contributed by atoms with Gasteiger partial charge in [-0.1, -0.05) is 12.1 Å². The highest BCUT2D eigenvalue weighted by atomic mass is 16.5. The number of hydrogen-bond acceptors (Lipinski definition) is 3. The molecule has 3 rings (SSSR count). The van der Waals surface area contributed by atoms with Crippen LogP contribution in [0.2, 0.25) is 0 Å². The van der Waals surface area contributed by atoms with E-state index in [0.717, 1.165) is 24.8 Å². The molecule has 1 N–H and O–H groups in total. The van der Waals surface area contributed by atoms with Crippen molar-refractivity contribution in [2.45, 2.75) is 31.8 Å². The van der Waals surface area contributed by atoms with E-state index in [0.29, 0.717) is 6.61 Å². The van der Waals surface area contributed by atoms with Crippen LogP contribution in [0.3, 0.4) is 0 Å². The molecule has 0 spiro atoms. The van der Waals surface area contributed by atoms with E-state index < -0.39 is 0 Å². The Hall–Kier alpha value is -1.81. The predicted molar refractivity (Wildman–Crippen MR) is 78.7 cm³/mol. The lowest BCUT2D eigenvalue weighted by Crippen LogP contribution is -2.15. The van der Waals surface area contributed by atoms with Crippen molar-refractivity contribution in [1.82, 2.24) is 15.1 Å². The molecule has 2 aromatic rings. The van der Waals surface area contributed by atoms with Gasteiger partial charge in [0.15, 0.2) is 0 Å². The second-order valence-corrected chi connectivity index (χ2v) is 5.34. The third-order valence-electron chi connectivity index (χ3n) is 3.64. The molecule has 1 aromatic heterocycles. The van der Waals surface area contributed by atoms with Gasteiger partial charge in [0.1, 0.15) is 5.75 Å². The number of ether oxygens (including phenoxy) is 1. The summed E-state index contributed by atoms with van der Waals surface area (Å²) < 4.78 is 7.65. The van der Waals surface area contributed by atoms with Crippen LogP contribution in [0.5, 0.6) is 5.75 Å². The molecule has 4 nitrogen and oxygen atoms in total. The fourth-order valence-electron chi connectivity index (χ4n) is 2.17. The van der Waals surface area contributed by atoms with E-state index >= 15 is 0 Å². The van der Waals surface area contributed by atoms with E-state index in [4.69, 9.17) is 4.74 Å². The molecule has 0 aliphatic heterocycles. The van der Waals surface area contributed by atoms with Gasteiger partial charge in [-0.05, 0) is 36.6 Å². The lowest BCUT2D eigenvalue weighted by atomic mass is 10.2. The van der Waals surface area contributed by atoms with Gasteiger partial charge in [-0.15, -0.1) is 0 Å². The highest BCUT2D eigenvalue weighted by Gasteiger charge is 2.19. The molecule has 0 unspecified atom stereocenters. The molecule has 1 heterocycles. The SMILES string of the molecule is Cn1nccc1CCOc1ccc(CNC2CC2)cc1. The van der Waals surface area contributed by atoms with Gasteiger partial charge in [-0.3, -0.25) is 4.68 Å². The van der Waals surface area contributed by atoms with Crippen LogP contribution in [0.1, 0.15) is 24.1 Å². The summed E-state index contributed by atoms with van der Waals surface area (Å²) in [4.78, 5) is 0. The number of nitrogens with zero attached hydrogens (tertiary/aromatic N) is 2. The second-order valence-electron chi connectivity index (χ2n) is 5.34. The van der Waals surface area contributed by atoms with Crippen molar-refractivity contribution < 1.29 is 4.74 Å². The highest BCUT2D eigenvalue weighted by molar-refractivity contribution is 5.27.